The third-order valence-corrected chi connectivity index (χ3v) is 2.68. The molecule has 0 bridgehead atoms. The van der Waals surface area contributed by atoms with Gasteiger partial charge in [-0.2, -0.15) is 39.5 Å². The highest BCUT2D eigenvalue weighted by molar-refractivity contribution is 5.64. The number of alkyl halides is 9. The Labute approximate surface area is 110 Å². The molecule has 0 aliphatic heterocycles. The molecular formula is C11H4F9N. The summed E-state index contributed by atoms with van der Waals surface area (Å²) in [6.45, 7) is 0. The van der Waals surface area contributed by atoms with Crippen molar-refractivity contribution in [3.05, 3.63) is 41.2 Å². The highest BCUT2D eigenvalue weighted by Crippen LogP contribution is 2.49. The molecule has 1 nitrogen and oxygen atoms in total. The maximum Gasteiger partial charge on any atom is 0.432 e. The lowest BCUT2D eigenvalue weighted by molar-refractivity contribution is -0.174. The molecule has 0 aromatic carbocycles. The molecule has 116 valence electrons. The topological polar surface area (TPSA) is 4.41 Å². The second kappa shape index (κ2) is 4.31. The van der Waals surface area contributed by atoms with Gasteiger partial charge in [-0.05, 0) is 12.1 Å². The van der Waals surface area contributed by atoms with E-state index in [0.29, 0.717) is 12.3 Å². The number of rotatable bonds is 0. The Morgan fingerprint density at radius 1 is 0.667 bits per heavy atom. The number of pyridine rings is 1. The minimum absolute atomic E-state index is 0.147. The van der Waals surface area contributed by atoms with Crippen LogP contribution in [0.5, 0.6) is 0 Å². The molecule has 0 amide bonds. The zero-order chi connectivity index (χ0) is 16.2. The van der Waals surface area contributed by atoms with E-state index in [-0.39, 0.29) is 4.40 Å². The Morgan fingerprint density at radius 2 is 1.19 bits per heavy atom. The third-order valence-electron chi connectivity index (χ3n) is 2.68. The molecule has 0 saturated carbocycles. The third kappa shape index (κ3) is 2.54. The number of nitrogens with zero attached hydrogens (tertiary/aromatic N) is 1. The van der Waals surface area contributed by atoms with Gasteiger partial charge in [-0.1, -0.05) is 6.07 Å². The minimum Gasteiger partial charge on any atom is -0.312 e. The van der Waals surface area contributed by atoms with Crippen LogP contribution >= 0.6 is 0 Å². The quantitative estimate of drug-likeness (QED) is 0.602. The average Bonchev–Trinajstić information content (AvgIpc) is 2.62. The molecule has 21 heavy (non-hydrogen) atoms. The Kier molecular flexibility index (Phi) is 3.19. The first-order valence-electron chi connectivity index (χ1n) is 5.19. The molecule has 0 unspecified atom stereocenters. The summed E-state index contributed by atoms with van der Waals surface area (Å²) in [4.78, 5) is 0. The molecule has 0 spiro atoms. The standard InChI is InChI=1S/C11H4F9N/c12-9(13,14)6-5-3-1-2-4-21(5)8(11(18,19)20)7(6)10(15,16)17/h1-4H. The van der Waals surface area contributed by atoms with Crippen molar-refractivity contribution in [2.45, 2.75) is 18.5 Å². The van der Waals surface area contributed by atoms with Crippen molar-refractivity contribution in [3.63, 3.8) is 0 Å². The van der Waals surface area contributed by atoms with E-state index >= 15 is 0 Å². The van der Waals surface area contributed by atoms with Crippen LogP contribution in [0.4, 0.5) is 39.5 Å². The van der Waals surface area contributed by atoms with Gasteiger partial charge in [0.15, 0.2) is 0 Å². The van der Waals surface area contributed by atoms with E-state index in [9.17, 15) is 39.5 Å². The molecule has 0 atom stereocenters. The van der Waals surface area contributed by atoms with Gasteiger partial charge in [0.2, 0.25) is 0 Å². The van der Waals surface area contributed by atoms with Gasteiger partial charge in [0.25, 0.3) is 0 Å². The van der Waals surface area contributed by atoms with E-state index < -0.39 is 40.9 Å². The van der Waals surface area contributed by atoms with Crippen LogP contribution in [-0.4, -0.2) is 4.40 Å². The number of hydrogen-bond donors (Lipinski definition) is 0. The molecule has 2 aromatic heterocycles. The van der Waals surface area contributed by atoms with Gasteiger partial charge in [-0.3, -0.25) is 0 Å². The lowest BCUT2D eigenvalue weighted by Crippen LogP contribution is -2.20. The predicted molar refractivity (Wildman–Crippen MR) is 52.4 cm³/mol. The minimum atomic E-state index is -5.80. The van der Waals surface area contributed by atoms with Crippen LogP contribution in [0.25, 0.3) is 5.52 Å². The number of aromatic nitrogens is 1. The first-order valence-corrected chi connectivity index (χ1v) is 5.19. The highest BCUT2D eigenvalue weighted by Gasteiger charge is 2.53. The summed E-state index contributed by atoms with van der Waals surface area (Å²) < 4.78 is 115. The fourth-order valence-corrected chi connectivity index (χ4v) is 2.05. The van der Waals surface area contributed by atoms with E-state index in [0.717, 1.165) is 12.1 Å². The fraction of sp³-hybridized carbons (Fsp3) is 0.273. The van der Waals surface area contributed by atoms with Gasteiger partial charge >= 0.3 is 18.5 Å². The van der Waals surface area contributed by atoms with Gasteiger partial charge in [-0.25, -0.2) is 0 Å². The van der Waals surface area contributed by atoms with E-state index in [4.69, 9.17) is 0 Å². The first kappa shape index (κ1) is 15.5. The van der Waals surface area contributed by atoms with Gasteiger partial charge in [0.05, 0.1) is 16.6 Å². The number of hydrogen-bond acceptors (Lipinski definition) is 0. The Bertz CT molecular complexity index is 621. The highest BCUT2D eigenvalue weighted by atomic mass is 19.4. The Balaban J connectivity index is 3.08. The van der Waals surface area contributed by atoms with Crippen molar-refractivity contribution in [1.82, 2.24) is 4.40 Å². The maximum atomic E-state index is 12.8. The smallest absolute Gasteiger partial charge is 0.312 e. The molecule has 0 radical (unpaired) electrons. The molecular weight excluding hydrogens is 317 g/mol. The summed E-state index contributed by atoms with van der Waals surface area (Å²) in [6, 6.07) is 2.38. The first-order chi connectivity index (χ1) is 9.35. The van der Waals surface area contributed by atoms with Crippen molar-refractivity contribution < 1.29 is 39.5 Å². The zero-order valence-corrected chi connectivity index (χ0v) is 9.66. The van der Waals surface area contributed by atoms with Crippen LogP contribution in [0.15, 0.2) is 24.4 Å². The molecule has 0 aliphatic rings. The normalized spacial score (nSPS) is 14.0. The molecule has 0 fully saturated rings. The number of fused-ring (bicyclic) bond motifs is 1. The second-order valence-electron chi connectivity index (χ2n) is 4.05. The molecule has 2 heterocycles. The summed E-state index contributed by atoms with van der Waals surface area (Å²) in [6.07, 6.45) is -16.5. The van der Waals surface area contributed by atoms with Gasteiger partial charge in [0.1, 0.15) is 5.69 Å². The molecule has 2 rings (SSSR count). The average molecular weight is 321 g/mol. The molecule has 10 heteroatoms. The SMILES string of the molecule is FC(F)(F)c1c(C(F)(F)F)c2ccccn2c1C(F)(F)F. The van der Waals surface area contributed by atoms with Crippen LogP contribution in [0.2, 0.25) is 0 Å². The van der Waals surface area contributed by atoms with Crippen molar-refractivity contribution in [2.24, 2.45) is 0 Å². The zero-order valence-electron chi connectivity index (χ0n) is 9.66. The van der Waals surface area contributed by atoms with Crippen molar-refractivity contribution in [1.29, 1.82) is 0 Å². The van der Waals surface area contributed by atoms with Crippen LogP contribution < -0.4 is 0 Å². The van der Waals surface area contributed by atoms with Crippen molar-refractivity contribution in [2.75, 3.05) is 0 Å². The lowest BCUT2D eigenvalue weighted by Gasteiger charge is -2.14. The van der Waals surface area contributed by atoms with Crippen LogP contribution in [0, 0.1) is 0 Å². The maximum absolute atomic E-state index is 12.8. The summed E-state index contributed by atoms with van der Waals surface area (Å²) in [5.74, 6) is 0. The largest absolute Gasteiger partial charge is 0.432 e. The molecule has 0 aliphatic carbocycles. The fourth-order valence-electron chi connectivity index (χ4n) is 2.05. The summed E-state index contributed by atoms with van der Waals surface area (Å²) in [7, 11) is 0. The van der Waals surface area contributed by atoms with Gasteiger partial charge in [0, 0.05) is 6.20 Å². The second-order valence-corrected chi connectivity index (χ2v) is 4.05. The Morgan fingerprint density at radius 3 is 1.62 bits per heavy atom. The Hall–Kier alpha value is -1.87. The van der Waals surface area contributed by atoms with Crippen LogP contribution in [0.3, 0.4) is 0 Å². The predicted octanol–water partition coefficient (Wildman–Crippen LogP) is 5.00. The summed E-state index contributed by atoms with van der Waals surface area (Å²) in [5.41, 5.74) is -8.67. The van der Waals surface area contributed by atoms with Crippen molar-refractivity contribution in [3.8, 4) is 0 Å². The van der Waals surface area contributed by atoms with E-state index in [1.165, 1.54) is 0 Å². The molecule has 2 aromatic rings. The van der Waals surface area contributed by atoms with Gasteiger partial charge in [-0.15, -0.1) is 0 Å². The van der Waals surface area contributed by atoms with Crippen LogP contribution in [-0.2, 0) is 18.5 Å². The number of halogens is 9. The summed E-state index contributed by atoms with van der Waals surface area (Å²) >= 11 is 0. The van der Waals surface area contributed by atoms with Crippen LogP contribution in [0.1, 0.15) is 16.8 Å². The molecule has 0 saturated heterocycles. The lowest BCUT2D eigenvalue weighted by atomic mass is 10.1. The summed E-state index contributed by atoms with van der Waals surface area (Å²) in [5, 5.41) is 0. The molecule has 0 N–H and O–H groups in total. The van der Waals surface area contributed by atoms with E-state index in [1.807, 2.05) is 0 Å². The van der Waals surface area contributed by atoms with E-state index in [1.54, 1.807) is 0 Å². The monoisotopic (exact) mass is 321 g/mol. The van der Waals surface area contributed by atoms with Gasteiger partial charge < -0.3 is 4.40 Å². The van der Waals surface area contributed by atoms with E-state index in [2.05, 4.69) is 0 Å². The van der Waals surface area contributed by atoms with Crippen molar-refractivity contribution >= 4 is 5.52 Å².